The minimum absolute atomic E-state index is 0.189. The van der Waals surface area contributed by atoms with Gasteiger partial charge in [-0.05, 0) is 29.7 Å². The van der Waals surface area contributed by atoms with Crippen LogP contribution in [0.1, 0.15) is 24.0 Å². The Morgan fingerprint density at radius 2 is 1.92 bits per heavy atom. The van der Waals surface area contributed by atoms with Crippen LogP contribution in [-0.2, 0) is 10.5 Å². The van der Waals surface area contributed by atoms with Crippen LogP contribution in [0.2, 0.25) is 0 Å². The maximum atomic E-state index is 11.7. The summed E-state index contributed by atoms with van der Waals surface area (Å²) >= 11 is 1.45. The molecule has 1 heterocycles. The minimum Gasteiger partial charge on any atom is -0.377 e. The Hall–Kier alpha value is -2.60. The van der Waals surface area contributed by atoms with Crippen molar-refractivity contribution in [1.82, 2.24) is 0 Å². The summed E-state index contributed by atoms with van der Waals surface area (Å²) in [5, 5.41) is 8.47. The summed E-state index contributed by atoms with van der Waals surface area (Å²) in [5.74, 6) is 0.957. The van der Waals surface area contributed by atoms with Crippen LogP contribution in [0.15, 0.2) is 64.8 Å². The third kappa shape index (κ3) is 4.93. The van der Waals surface area contributed by atoms with E-state index in [1.165, 1.54) is 17.3 Å². The standard InChI is InChI=1S/C19H20N4OS/c20-19(25-14-16-5-2-1-3-6-16)22-21-13-15-8-10-17(11-9-15)23-12-4-7-18(23)24/h1-3,5-6,8-11,13H,4,7,12,14H2,(H2,20,22). The maximum absolute atomic E-state index is 11.7. The van der Waals surface area contributed by atoms with Gasteiger partial charge in [-0.1, -0.05) is 54.2 Å². The summed E-state index contributed by atoms with van der Waals surface area (Å²) in [5.41, 5.74) is 8.91. The van der Waals surface area contributed by atoms with Crippen molar-refractivity contribution in [1.29, 1.82) is 0 Å². The monoisotopic (exact) mass is 352 g/mol. The number of rotatable bonds is 5. The van der Waals surface area contributed by atoms with Crippen LogP contribution in [0.25, 0.3) is 0 Å². The van der Waals surface area contributed by atoms with Crippen LogP contribution in [0.4, 0.5) is 5.69 Å². The summed E-state index contributed by atoms with van der Waals surface area (Å²) in [6, 6.07) is 17.8. The molecule has 0 bridgehead atoms. The first-order valence-electron chi connectivity index (χ1n) is 8.16. The number of carbonyl (C=O) groups is 1. The SMILES string of the molecule is NC(=NN=Cc1ccc(N2CCCC2=O)cc1)SCc1ccccc1. The van der Waals surface area contributed by atoms with Gasteiger partial charge in [0.05, 0.1) is 6.21 Å². The number of carbonyl (C=O) groups excluding carboxylic acids is 1. The highest BCUT2D eigenvalue weighted by atomic mass is 32.2. The van der Waals surface area contributed by atoms with Gasteiger partial charge in [0.1, 0.15) is 0 Å². The van der Waals surface area contributed by atoms with Crippen molar-refractivity contribution >= 4 is 34.7 Å². The van der Waals surface area contributed by atoms with Gasteiger partial charge >= 0.3 is 0 Å². The zero-order valence-corrected chi connectivity index (χ0v) is 14.7. The van der Waals surface area contributed by atoms with E-state index in [9.17, 15) is 4.79 Å². The molecule has 0 unspecified atom stereocenters. The summed E-state index contributed by atoms with van der Waals surface area (Å²) < 4.78 is 0. The van der Waals surface area contributed by atoms with Crippen molar-refractivity contribution in [3.8, 4) is 0 Å². The Bertz CT molecular complexity index is 772. The molecular weight excluding hydrogens is 332 g/mol. The fraction of sp³-hybridized carbons (Fsp3) is 0.211. The smallest absolute Gasteiger partial charge is 0.227 e. The van der Waals surface area contributed by atoms with E-state index in [1.54, 1.807) is 6.21 Å². The number of nitrogens with two attached hydrogens (primary N) is 1. The third-order valence-electron chi connectivity index (χ3n) is 3.87. The first-order chi connectivity index (χ1) is 12.2. The van der Waals surface area contributed by atoms with Gasteiger partial charge in [-0.2, -0.15) is 5.10 Å². The highest BCUT2D eigenvalue weighted by Gasteiger charge is 2.21. The molecule has 1 aliphatic heterocycles. The van der Waals surface area contributed by atoms with E-state index in [2.05, 4.69) is 22.3 Å². The second-order valence-corrected chi connectivity index (χ2v) is 6.69. The van der Waals surface area contributed by atoms with E-state index in [1.807, 2.05) is 47.4 Å². The first kappa shape index (κ1) is 17.2. The van der Waals surface area contributed by atoms with E-state index >= 15 is 0 Å². The van der Waals surface area contributed by atoms with Gasteiger partial charge in [-0.3, -0.25) is 4.79 Å². The zero-order chi connectivity index (χ0) is 17.5. The minimum atomic E-state index is 0.189. The molecule has 0 aliphatic carbocycles. The highest BCUT2D eigenvalue weighted by molar-refractivity contribution is 8.13. The van der Waals surface area contributed by atoms with Gasteiger partial charge in [0.2, 0.25) is 5.91 Å². The molecule has 0 aromatic heterocycles. The van der Waals surface area contributed by atoms with Crippen molar-refractivity contribution in [3.05, 3.63) is 65.7 Å². The van der Waals surface area contributed by atoms with E-state index in [0.717, 1.165) is 30.0 Å². The average molecular weight is 352 g/mol. The molecule has 0 spiro atoms. The van der Waals surface area contributed by atoms with Gasteiger partial charge in [0, 0.05) is 24.4 Å². The Balaban J connectivity index is 1.53. The van der Waals surface area contributed by atoms with Crippen molar-refractivity contribution < 1.29 is 4.79 Å². The molecular formula is C19H20N4OS. The summed E-state index contributed by atoms with van der Waals surface area (Å²) in [6.07, 6.45) is 3.22. The molecule has 0 radical (unpaired) electrons. The Kier molecular flexibility index (Phi) is 5.85. The summed E-state index contributed by atoms with van der Waals surface area (Å²) in [4.78, 5) is 13.6. The zero-order valence-electron chi connectivity index (χ0n) is 13.8. The second-order valence-electron chi connectivity index (χ2n) is 5.70. The molecule has 2 aromatic rings. The number of anilines is 1. The number of thioether (sulfide) groups is 1. The van der Waals surface area contributed by atoms with Crippen LogP contribution in [0.5, 0.6) is 0 Å². The summed E-state index contributed by atoms with van der Waals surface area (Å²) in [6.45, 7) is 0.797. The van der Waals surface area contributed by atoms with E-state index < -0.39 is 0 Å². The molecule has 1 amide bonds. The van der Waals surface area contributed by atoms with E-state index in [-0.39, 0.29) is 5.91 Å². The molecule has 6 heteroatoms. The predicted molar refractivity (Wildman–Crippen MR) is 105 cm³/mol. The van der Waals surface area contributed by atoms with E-state index in [0.29, 0.717) is 11.6 Å². The lowest BCUT2D eigenvalue weighted by molar-refractivity contribution is -0.117. The van der Waals surface area contributed by atoms with Gasteiger partial charge in [0.25, 0.3) is 0 Å². The molecule has 3 rings (SSSR count). The van der Waals surface area contributed by atoms with Gasteiger partial charge in [0.15, 0.2) is 5.17 Å². The maximum Gasteiger partial charge on any atom is 0.227 e. The van der Waals surface area contributed by atoms with Crippen LogP contribution in [-0.4, -0.2) is 23.8 Å². The molecule has 1 aliphatic rings. The number of benzene rings is 2. The number of nitrogens with zero attached hydrogens (tertiary/aromatic N) is 3. The number of amidine groups is 1. The van der Waals surface area contributed by atoms with Crippen LogP contribution in [0.3, 0.4) is 0 Å². The van der Waals surface area contributed by atoms with Crippen molar-refractivity contribution in [2.75, 3.05) is 11.4 Å². The lowest BCUT2D eigenvalue weighted by atomic mass is 10.2. The van der Waals surface area contributed by atoms with Crippen LogP contribution >= 0.6 is 11.8 Å². The lowest BCUT2D eigenvalue weighted by Crippen LogP contribution is -2.23. The fourth-order valence-electron chi connectivity index (χ4n) is 2.57. The number of amides is 1. The van der Waals surface area contributed by atoms with E-state index in [4.69, 9.17) is 5.73 Å². The van der Waals surface area contributed by atoms with Gasteiger partial charge in [-0.15, -0.1) is 5.10 Å². The fourth-order valence-corrected chi connectivity index (χ4v) is 3.19. The molecule has 1 saturated heterocycles. The molecule has 25 heavy (non-hydrogen) atoms. The quantitative estimate of drug-likeness (QED) is 0.509. The van der Waals surface area contributed by atoms with Crippen LogP contribution < -0.4 is 10.6 Å². The van der Waals surface area contributed by atoms with Crippen molar-refractivity contribution in [2.24, 2.45) is 15.9 Å². The Labute approximate surface area is 151 Å². The average Bonchev–Trinajstić information content (AvgIpc) is 3.07. The van der Waals surface area contributed by atoms with Gasteiger partial charge in [-0.25, -0.2) is 0 Å². The highest BCUT2D eigenvalue weighted by Crippen LogP contribution is 2.21. The molecule has 1 fully saturated rings. The molecule has 0 saturated carbocycles. The lowest BCUT2D eigenvalue weighted by Gasteiger charge is -2.15. The largest absolute Gasteiger partial charge is 0.377 e. The molecule has 2 aromatic carbocycles. The number of hydrogen-bond donors (Lipinski definition) is 1. The topological polar surface area (TPSA) is 71.0 Å². The molecule has 5 nitrogen and oxygen atoms in total. The van der Waals surface area contributed by atoms with Crippen LogP contribution in [0, 0.1) is 0 Å². The van der Waals surface area contributed by atoms with Crippen molar-refractivity contribution in [3.63, 3.8) is 0 Å². The van der Waals surface area contributed by atoms with Crippen molar-refractivity contribution in [2.45, 2.75) is 18.6 Å². The summed E-state index contributed by atoms with van der Waals surface area (Å²) in [7, 11) is 0. The van der Waals surface area contributed by atoms with Gasteiger partial charge < -0.3 is 10.6 Å². The first-order valence-corrected chi connectivity index (χ1v) is 9.14. The number of hydrogen-bond acceptors (Lipinski definition) is 4. The third-order valence-corrected chi connectivity index (χ3v) is 4.73. The predicted octanol–water partition coefficient (Wildman–Crippen LogP) is 3.40. The Morgan fingerprint density at radius 1 is 1.16 bits per heavy atom. The Morgan fingerprint density at radius 3 is 2.60 bits per heavy atom. The second kappa shape index (κ2) is 8.48. The molecule has 128 valence electrons. The molecule has 0 atom stereocenters. The molecule has 2 N–H and O–H groups in total. The normalized spacial score (nSPS) is 15.3.